The highest BCUT2D eigenvalue weighted by molar-refractivity contribution is 7.98. The number of nitrogens with one attached hydrogen (secondary N) is 2. The van der Waals surface area contributed by atoms with E-state index in [2.05, 4.69) is 20.6 Å². The summed E-state index contributed by atoms with van der Waals surface area (Å²) in [5, 5.41) is 7.41. The molecule has 0 unspecified atom stereocenters. The van der Waals surface area contributed by atoms with E-state index in [4.69, 9.17) is 0 Å². The monoisotopic (exact) mass is 224 g/mol. The Balaban J connectivity index is 2.41. The zero-order valence-electron chi connectivity index (χ0n) is 9.13. The summed E-state index contributed by atoms with van der Waals surface area (Å²) >= 11 is 1.61. The number of aromatic nitrogens is 2. The maximum atomic E-state index is 4.56. The lowest BCUT2D eigenvalue weighted by Gasteiger charge is -2.19. The van der Waals surface area contributed by atoms with Crippen LogP contribution < -0.4 is 10.6 Å². The second-order valence-electron chi connectivity index (χ2n) is 3.54. The summed E-state index contributed by atoms with van der Waals surface area (Å²) in [5.41, 5.74) is 3.64. The number of hydrogen-bond acceptors (Lipinski definition) is 5. The summed E-state index contributed by atoms with van der Waals surface area (Å²) in [6.45, 7) is 2.75. The van der Waals surface area contributed by atoms with Gasteiger partial charge in [-0.05, 0) is 13.3 Å². The van der Waals surface area contributed by atoms with Crippen LogP contribution in [-0.2, 0) is 19.5 Å². The average molecular weight is 224 g/mol. The van der Waals surface area contributed by atoms with Crippen LogP contribution in [0.1, 0.15) is 17.0 Å². The minimum Gasteiger partial charge on any atom is -0.314 e. The molecule has 0 atom stereocenters. The Morgan fingerprint density at radius 1 is 1.47 bits per heavy atom. The third-order valence-corrected chi connectivity index (χ3v) is 3.07. The molecular weight excluding hydrogens is 208 g/mol. The van der Waals surface area contributed by atoms with Gasteiger partial charge in [-0.15, -0.1) is 0 Å². The summed E-state index contributed by atoms with van der Waals surface area (Å²) in [4.78, 5) is 9.10. The third kappa shape index (κ3) is 2.30. The molecule has 4 nitrogen and oxygen atoms in total. The van der Waals surface area contributed by atoms with Gasteiger partial charge in [0, 0.05) is 31.6 Å². The highest BCUT2D eigenvalue weighted by Gasteiger charge is 2.16. The molecule has 2 N–H and O–H groups in total. The standard InChI is InChI=1S/C10H16N4S/c1-11-6-9-7-5-12-4-3-8(7)13-10(14-9)15-2/h11-12H,3-6H2,1-2H3. The highest BCUT2D eigenvalue weighted by Crippen LogP contribution is 2.19. The molecular formula is C10H16N4S. The van der Waals surface area contributed by atoms with Crippen LogP contribution in [0.25, 0.3) is 0 Å². The predicted octanol–water partition coefficient (Wildman–Crippen LogP) is 0.564. The van der Waals surface area contributed by atoms with Crippen molar-refractivity contribution in [3.8, 4) is 0 Å². The zero-order valence-corrected chi connectivity index (χ0v) is 9.95. The van der Waals surface area contributed by atoms with Crippen LogP contribution in [0.5, 0.6) is 0 Å². The molecule has 2 rings (SSSR count). The fourth-order valence-electron chi connectivity index (χ4n) is 1.79. The van der Waals surface area contributed by atoms with Crippen LogP contribution in [0.15, 0.2) is 5.16 Å². The summed E-state index contributed by atoms with van der Waals surface area (Å²) < 4.78 is 0. The van der Waals surface area contributed by atoms with Gasteiger partial charge in [0.05, 0.1) is 11.4 Å². The van der Waals surface area contributed by atoms with Crippen molar-refractivity contribution in [2.24, 2.45) is 0 Å². The molecule has 1 aromatic rings. The van der Waals surface area contributed by atoms with Crippen molar-refractivity contribution in [3.63, 3.8) is 0 Å². The largest absolute Gasteiger partial charge is 0.314 e. The molecule has 0 radical (unpaired) electrons. The maximum Gasteiger partial charge on any atom is 0.187 e. The van der Waals surface area contributed by atoms with Gasteiger partial charge in [0.15, 0.2) is 5.16 Å². The van der Waals surface area contributed by atoms with Crippen LogP contribution in [0, 0.1) is 0 Å². The summed E-state index contributed by atoms with van der Waals surface area (Å²) in [5.74, 6) is 0. The Bertz CT molecular complexity index is 354. The normalized spacial score (nSPS) is 15.1. The van der Waals surface area contributed by atoms with Gasteiger partial charge >= 0.3 is 0 Å². The maximum absolute atomic E-state index is 4.56. The van der Waals surface area contributed by atoms with Crippen LogP contribution in [0.4, 0.5) is 0 Å². The topological polar surface area (TPSA) is 49.8 Å². The quantitative estimate of drug-likeness (QED) is 0.580. The highest BCUT2D eigenvalue weighted by atomic mass is 32.2. The fourth-order valence-corrected chi connectivity index (χ4v) is 2.20. The molecule has 15 heavy (non-hydrogen) atoms. The van der Waals surface area contributed by atoms with Crippen LogP contribution >= 0.6 is 11.8 Å². The van der Waals surface area contributed by atoms with Gasteiger partial charge in [-0.1, -0.05) is 11.8 Å². The molecule has 0 aliphatic carbocycles. The Hall–Kier alpha value is -0.650. The van der Waals surface area contributed by atoms with Crippen molar-refractivity contribution in [2.75, 3.05) is 19.8 Å². The van der Waals surface area contributed by atoms with Gasteiger partial charge in [-0.3, -0.25) is 0 Å². The van der Waals surface area contributed by atoms with E-state index in [0.29, 0.717) is 0 Å². The second-order valence-corrected chi connectivity index (χ2v) is 4.31. The lowest BCUT2D eigenvalue weighted by molar-refractivity contribution is 0.597. The first kappa shape index (κ1) is 10.9. The first-order chi connectivity index (χ1) is 7.35. The molecule has 2 heterocycles. The summed E-state index contributed by atoms with van der Waals surface area (Å²) in [6, 6.07) is 0. The van der Waals surface area contributed by atoms with Crippen molar-refractivity contribution < 1.29 is 0 Å². The first-order valence-electron chi connectivity index (χ1n) is 5.13. The molecule has 0 fully saturated rings. The Morgan fingerprint density at radius 2 is 2.33 bits per heavy atom. The van der Waals surface area contributed by atoms with E-state index in [9.17, 15) is 0 Å². The van der Waals surface area contributed by atoms with Crippen molar-refractivity contribution in [3.05, 3.63) is 17.0 Å². The first-order valence-corrected chi connectivity index (χ1v) is 6.35. The van der Waals surface area contributed by atoms with Crippen molar-refractivity contribution in [1.29, 1.82) is 0 Å². The van der Waals surface area contributed by atoms with Crippen molar-refractivity contribution in [2.45, 2.75) is 24.7 Å². The molecule has 5 heteroatoms. The van der Waals surface area contributed by atoms with Crippen LogP contribution in [0.3, 0.4) is 0 Å². The van der Waals surface area contributed by atoms with E-state index in [1.807, 2.05) is 13.3 Å². The van der Waals surface area contributed by atoms with Crippen molar-refractivity contribution >= 4 is 11.8 Å². The second kappa shape index (κ2) is 4.92. The number of thioether (sulfide) groups is 1. The van der Waals surface area contributed by atoms with Gasteiger partial charge < -0.3 is 10.6 Å². The smallest absolute Gasteiger partial charge is 0.187 e. The molecule has 1 aliphatic rings. The van der Waals surface area contributed by atoms with E-state index in [-0.39, 0.29) is 0 Å². The van der Waals surface area contributed by atoms with E-state index < -0.39 is 0 Å². The number of rotatable bonds is 3. The molecule has 82 valence electrons. The molecule has 0 bridgehead atoms. The fraction of sp³-hybridized carbons (Fsp3) is 0.600. The van der Waals surface area contributed by atoms with E-state index in [0.717, 1.165) is 36.9 Å². The lowest BCUT2D eigenvalue weighted by atomic mass is 10.1. The number of hydrogen-bond donors (Lipinski definition) is 2. The van der Waals surface area contributed by atoms with Gasteiger partial charge in [-0.25, -0.2) is 9.97 Å². The van der Waals surface area contributed by atoms with E-state index in [1.54, 1.807) is 11.8 Å². The molecule has 0 saturated heterocycles. The molecule has 0 aromatic carbocycles. The summed E-state index contributed by atoms with van der Waals surface area (Å²) in [6.07, 6.45) is 3.04. The van der Waals surface area contributed by atoms with Crippen molar-refractivity contribution in [1.82, 2.24) is 20.6 Å². The van der Waals surface area contributed by atoms with Gasteiger partial charge in [0.25, 0.3) is 0 Å². The Labute approximate surface area is 94.3 Å². The zero-order chi connectivity index (χ0) is 10.7. The minimum absolute atomic E-state index is 0.820. The average Bonchev–Trinajstić information content (AvgIpc) is 2.29. The van der Waals surface area contributed by atoms with Crippen LogP contribution in [0.2, 0.25) is 0 Å². The Morgan fingerprint density at radius 3 is 3.07 bits per heavy atom. The molecule has 0 spiro atoms. The van der Waals surface area contributed by atoms with Gasteiger partial charge in [0.1, 0.15) is 0 Å². The summed E-state index contributed by atoms with van der Waals surface area (Å²) in [7, 11) is 1.95. The van der Waals surface area contributed by atoms with Gasteiger partial charge in [-0.2, -0.15) is 0 Å². The lowest BCUT2D eigenvalue weighted by Crippen LogP contribution is -2.27. The third-order valence-electron chi connectivity index (χ3n) is 2.53. The van der Waals surface area contributed by atoms with Crippen LogP contribution in [-0.4, -0.2) is 29.8 Å². The number of nitrogens with zero attached hydrogens (tertiary/aromatic N) is 2. The van der Waals surface area contributed by atoms with Gasteiger partial charge in [0.2, 0.25) is 0 Å². The molecule has 0 saturated carbocycles. The predicted molar refractivity (Wildman–Crippen MR) is 62.0 cm³/mol. The SMILES string of the molecule is CNCc1nc(SC)nc2c1CNCC2. The molecule has 1 aromatic heterocycles. The Kier molecular flexibility index (Phi) is 3.56. The van der Waals surface area contributed by atoms with E-state index >= 15 is 0 Å². The minimum atomic E-state index is 0.820. The number of fused-ring (bicyclic) bond motifs is 1. The van der Waals surface area contributed by atoms with E-state index in [1.165, 1.54) is 11.3 Å². The molecule has 0 amide bonds. The molecule has 1 aliphatic heterocycles.